The Bertz CT molecular complexity index is 2220. The second-order valence-corrected chi connectivity index (χ2v) is 13.6. The van der Waals surface area contributed by atoms with Crippen LogP contribution in [0.4, 0.5) is 0 Å². The van der Waals surface area contributed by atoms with Crippen LogP contribution in [0.2, 0.25) is 0 Å². The van der Waals surface area contributed by atoms with Crippen LogP contribution < -0.4 is 0 Å². The van der Waals surface area contributed by atoms with Gasteiger partial charge in [-0.15, -0.1) is 0 Å². The van der Waals surface area contributed by atoms with Crippen LogP contribution in [0.15, 0.2) is 158 Å². The van der Waals surface area contributed by atoms with Crippen molar-refractivity contribution in [3.05, 3.63) is 169 Å². The summed E-state index contributed by atoms with van der Waals surface area (Å²) in [5, 5.41) is 7.70. The third kappa shape index (κ3) is 5.00. The molecule has 0 radical (unpaired) electrons. The second kappa shape index (κ2) is 12.3. The molecule has 0 heteroatoms. The third-order valence-corrected chi connectivity index (χ3v) is 10.0. The smallest absolute Gasteiger partial charge is 0.000139 e. The fourth-order valence-electron chi connectivity index (χ4n) is 7.61. The number of rotatable bonds is 6. The van der Waals surface area contributed by atoms with E-state index >= 15 is 0 Å². The van der Waals surface area contributed by atoms with Crippen LogP contribution in [0, 0.1) is 0 Å². The van der Waals surface area contributed by atoms with Gasteiger partial charge in [0.25, 0.3) is 0 Å². The monoisotopic (exact) mass is 616 g/mol. The molecular formula is C48H40. The van der Waals surface area contributed by atoms with Crippen LogP contribution in [0.5, 0.6) is 0 Å². The van der Waals surface area contributed by atoms with Crippen LogP contribution in [-0.4, -0.2) is 0 Å². The van der Waals surface area contributed by atoms with Gasteiger partial charge in [-0.2, -0.15) is 0 Å². The van der Waals surface area contributed by atoms with Crippen molar-refractivity contribution in [2.45, 2.75) is 39.5 Å². The summed E-state index contributed by atoms with van der Waals surface area (Å²) in [5.41, 5.74) is 12.8. The Kier molecular flexibility index (Phi) is 7.66. The number of benzene rings is 8. The van der Waals surface area contributed by atoms with Crippen molar-refractivity contribution >= 4 is 32.3 Å². The van der Waals surface area contributed by atoms with Crippen molar-refractivity contribution in [2.75, 3.05) is 0 Å². The number of hydrogen-bond donors (Lipinski definition) is 0. The van der Waals surface area contributed by atoms with Gasteiger partial charge in [-0.25, -0.2) is 0 Å². The van der Waals surface area contributed by atoms with Crippen molar-refractivity contribution in [1.29, 1.82) is 0 Å². The maximum Gasteiger partial charge on any atom is -0.000139 e. The molecule has 0 aliphatic rings. The zero-order chi connectivity index (χ0) is 32.8. The van der Waals surface area contributed by atoms with Crippen molar-refractivity contribution in [3.8, 4) is 44.5 Å². The maximum atomic E-state index is 2.35. The van der Waals surface area contributed by atoms with E-state index < -0.39 is 0 Å². The average molecular weight is 617 g/mol. The molecule has 0 spiro atoms. The average Bonchev–Trinajstić information content (AvgIpc) is 3.13. The first kappa shape index (κ1) is 29.9. The lowest BCUT2D eigenvalue weighted by Crippen LogP contribution is -1.98. The quantitative estimate of drug-likeness (QED) is 0.163. The Morgan fingerprint density at radius 3 is 0.792 bits per heavy atom. The molecule has 0 saturated carbocycles. The van der Waals surface area contributed by atoms with Gasteiger partial charge in [0.1, 0.15) is 0 Å². The molecule has 0 saturated heterocycles. The molecule has 0 unspecified atom stereocenters. The molecule has 0 atom stereocenters. The van der Waals surface area contributed by atoms with E-state index in [9.17, 15) is 0 Å². The van der Waals surface area contributed by atoms with E-state index in [1.165, 1.54) is 88.0 Å². The van der Waals surface area contributed by atoms with Crippen molar-refractivity contribution in [2.24, 2.45) is 0 Å². The van der Waals surface area contributed by atoms with E-state index in [2.05, 4.69) is 185 Å². The first-order chi connectivity index (χ1) is 23.5. The van der Waals surface area contributed by atoms with E-state index in [-0.39, 0.29) is 0 Å². The molecule has 0 nitrogen and oxygen atoms in total. The Labute approximate surface area is 284 Å². The first-order valence-corrected chi connectivity index (χ1v) is 17.3. The van der Waals surface area contributed by atoms with Gasteiger partial charge in [0.15, 0.2) is 0 Å². The second-order valence-electron chi connectivity index (χ2n) is 13.6. The number of hydrogen-bond acceptors (Lipinski definition) is 0. The highest BCUT2D eigenvalue weighted by Crippen LogP contribution is 2.53. The summed E-state index contributed by atoms with van der Waals surface area (Å²) in [7, 11) is 0. The summed E-state index contributed by atoms with van der Waals surface area (Å²) >= 11 is 0. The van der Waals surface area contributed by atoms with E-state index in [4.69, 9.17) is 0 Å². The zero-order valence-corrected chi connectivity index (χ0v) is 28.2. The molecule has 48 heavy (non-hydrogen) atoms. The molecule has 0 amide bonds. The summed E-state index contributed by atoms with van der Waals surface area (Å²) in [4.78, 5) is 0. The lowest BCUT2D eigenvalue weighted by molar-refractivity contribution is 0.867. The fourth-order valence-corrected chi connectivity index (χ4v) is 7.61. The molecule has 8 rings (SSSR count). The van der Waals surface area contributed by atoms with Crippen LogP contribution in [-0.2, 0) is 0 Å². The lowest BCUT2D eigenvalue weighted by Gasteiger charge is -2.25. The summed E-state index contributed by atoms with van der Waals surface area (Å²) in [5.74, 6) is 0.939. The molecule has 8 aromatic rings. The van der Waals surface area contributed by atoms with Gasteiger partial charge in [0.2, 0.25) is 0 Å². The van der Waals surface area contributed by atoms with Gasteiger partial charge in [-0.1, -0.05) is 185 Å². The van der Waals surface area contributed by atoms with Crippen molar-refractivity contribution < 1.29 is 0 Å². The van der Waals surface area contributed by atoms with Gasteiger partial charge in [0, 0.05) is 0 Å². The first-order valence-electron chi connectivity index (χ1n) is 17.3. The zero-order valence-electron chi connectivity index (χ0n) is 28.2. The minimum Gasteiger partial charge on any atom is -0.0622 e. The molecule has 0 heterocycles. The summed E-state index contributed by atoms with van der Waals surface area (Å²) in [6.07, 6.45) is 0. The van der Waals surface area contributed by atoms with Crippen LogP contribution in [0.3, 0.4) is 0 Å². The van der Waals surface area contributed by atoms with Crippen LogP contribution >= 0.6 is 0 Å². The predicted molar refractivity (Wildman–Crippen MR) is 209 cm³/mol. The van der Waals surface area contributed by atoms with E-state index in [0.29, 0.717) is 11.8 Å². The maximum absolute atomic E-state index is 2.35. The highest BCUT2D eigenvalue weighted by Gasteiger charge is 2.25. The molecule has 0 fully saturated rings. The van der Waals surface area contributed by atoms with Gasteiger partial charge >= 0.3 is 0 Å². The minimum atomic E-state index is 0.470. The normalized spacial score (nSPS) is 11.7. The molecule has 0 aliphatic heterocycles. The summed E-state index contributed by atoms with van der Waals surface area (Å²) < 4.78 is 0. The van der Waals surface area contributed by atoms with Gasteiger partial charge in [0.05, 0.1) is 0 Å². The Morgan fingerprint density at radius 2 is 0.521 bits per heavy atom. The molecule has 0 aromatic heterocycles. The Morgan fingerprint density at radius 1 is 0.271 bits per heavy atom. The molecule has 0 aliphatic carbocycles. The highest BCUT2D eigenvalue weighted by molar-refractivity contribution is 6.33. The highest BCUT2D eigenvalue weighted by atomic mass is 14.3. The van der Waals surface area contributed by atoms with Crippen molar-refractivity contribution in [1.82, 2.24) is 0 Å². The third-order valence-electron chi connectivity index (χ3n) is 10.0. The standard InChI is InChI=1S/C48H40/c1-31(2)33-23-27-37(28-24-33)45-41-21-13-11-19-39(41)44(36-17-9-6-10-18-36)48-46(38-29-25-34(26-30-38)32(3)4)42-22-14-12-20-40(42)43(47(45)48)35-15-7-5-8-16-35/h5-32H,1-4H3. The Hall–Kier alpha value is -5.46. The molecule has 8 aromatic carbocycles. The van der Waals surface area contributed by atoms with Crippen LogP contribution in [0.1, 0.15) is 50.7 Å². The van der Waals surface area contributed by atoms with E-state index in [1.54, 1.807) is 0 Å². The van der Waals surface area contributed by atoms with E-state index in [1.807, 2.05) is 0 Å². The largest absolute Gasteiger partial charge is 0.0622 e. The summed E-state index contributed by atoms with van der Waals surface area (Å²) in [6, 6.07) is 58.8. The van der Waals surface area contributed by atoms with Gasteiger partial charge in [-0.3, -0.25) is 0 Å². The fraction of sp³-hybridized carbons (Fsp3) is 0.125. The van der Waals surface area contributed by atoms with Crippen LogP contribution in [0.25, 0.3) is 76.8 Å². The molecular weight excluding hydrogens is 577 g/mol. The van der Waals surface area contributed by atoms with Gasteiger partial charge in [-0.05, 0) is 99.8 Å². The topological polar surface area (TPSA) is 0 Å². The summed E-state index contributed by atoms with van der Waals surface area (Å²) in [6.45, 7) is 9.08. The lowest BCUT2D eigenvalue weighted by atomic mass is 9.77. The molecule has 232 valence electrons. The number of fused-ring (bicyclic) bond motifs is 3. The van der Waals surface area contributed by atoms with Gasteiger partial charge < -0.3 is 0 Å². The van der Waals surface area contributed by atoms with E-state index in [0.717, 1.165) is 0 Å². The SMILES string of the molecule is CC(C)c1ccc(-c2c3ccccc3c(-c3ccccc3)c3c(-c4ccc(C(C)C)cc4)c4ccccc4c(-c4ccccc4)c23)cc1. The van der Waals surface area contributed by atoms with Crippen molar-refractivity contribution in [3.63, 3.8) is 0 Å². The molecule has 0 bridgehead atoms. The predicted octanol–water partition coefficient (Wildman–Crippen LogP) is 14.1. The molecule has 0 N–H and O–H groups in total. The minimum absolute atomic E-state index is 0.470. The Balaban J connectivity index is 1.69.